The van der Waals surface area contributed by atoms with E-state index in [2.05, 4.69) is 43.0 Å². The Morgan fingerprint density at radius 3 is 2.54 bits per heavy atom. The van der Waals surface area contributed by atoms with Gasteiger partial charge >= 0.3 is 0 Å². The van der Waals surface area contributed by atoms with Gasteiger partial charge in [-0.05, 0) is 11.1 Å². The highest BCUT2D eigenvalue weighted by atomic mass is 32.1. The molecule has 0 N–H and O–H groups in total. The van der Waals surface area contributed by atoms with Crippen molar-refractivity contribution >= 4 is 18.7 Å². The lowest BCUT2D eigenvalue weighted by Gasteiger charge is -1.99. The maximum absolute atomic E-state index is 5.02. The molecular formula is C11H14OS. The zero-order valence-electron chi connectivity index (χ0n) is 7.73. The number of rotatable bonds is 4. The Bertz CT molecular complexity index is 264. The first kappa shape index (κ1) is 10.4. The second-order valence-electron chi connectivity index (χ2n) is 2.76. The molecule has 1 aromatic carbocycles. The molecule has 0 aliphatic carbocycles. The fraction of sp³-hybridized carbons (Fsp3) is 0.273. The normalized spacial score (nSPS) is 10.9. The van der Waals surface area contributed by atoms with Gasteiger partial charge in [0.1, 0.15) is 0 Å². The summed E-state index contributed by atoms with van der Waals surface area (Å²) in [6.07, 6.45) is 4.08. The summed E-state index contributed by atoms with van der Waals surface area (Å²) in [7, 11) is 1.70. The number of methoxy groups -OCH3 is 1. The summed E-state index contributed by atoms with van der Waals surface area (Å²) < 4.78 is 5.02. The van der Waals surface area contributed by atoms with E-state index in [4.69, 9.17) is 4.74 Å². The van der Waals surface area contributed by atoms with E-state index >= 15 is 0 Å². The van der Waals surface area contributed by atoms with E-state index in [0.29, 0.717) is 6.61 Å². The van der Waals surface area contributed by atoms with Gasteiger partial charge in [-0.3, -0.25) is 0 Å². The zero-order chi connectivity index (χ0) is 9.52. The molecule has 0 radical (unpaired) electrons. The minimum absolute atomic E-state index is 0.677. The molecule has 0 atom stereocenters. The van der Waals surface area contributed by atoms with Crippen molar-refractivity contribution < 1.29 is 4.74 Å². The fourth-order valence-electron chi connectivity index (χ4n) is 1.08. The third-order valence-electron chi connectivity index (χ3n) is 1.71. The van der Waals surface area contributed by atoms with E-state index in [-0.39, 0.29) is 0 Å². The monoisotopic (exact) mass is 194 g/mol. The minimum Gasteiger partial charge on any atom is -0.380 e. The van der Waals surface area contributed by atoms with Crippen molar-refractivity contribution in [2.75, 3.05) is 12.9 Å². The Labute approximate surface area is 84.8 Å². The van der Waals surface area contributed by atoms with Gasteiger partial charge in [0.05, 0.1) is 6.61 Å². The van der Waals surface area contributed by atoms with Crippen LogP contribution in [-0.2, 0) is 11.3 Å². The van der Waals surface area contributed by atoms with Crippen molar-refractivity contribution in [3.05, 3.63) is 41.5 Å². The maximum Gasteiger partial charge on any atom is 0.0713 e. The average molecular weight is 194 g/mol. The lowest BCUT2D eigenvalue weighted by Crippen LogP contribution is -1.86. The summed E-state index contributed by atoms with van der Waals surface area (Å²) in [5.41, 5.74) is 2.40. The average Bonchev–Trinajstić information content (AvgIpc) is 2.17. The van der Waals surface area contributed by atoms with Crippen molar-refractivity contribution in [1.29, 1.82) is 0 Å². The van der Waals surface area contributed by atoms with Crippen LogP contribution in [-0.4, -0.2) is 12.9 Å². The van der Waals surface area contributed by atoms with Gasteiger partial charge in [-0.15, -0.1) is 0 Å². The highest BCUT2D eigenvalue weighted by molar-refractivity contribution is 7.80. The molecule has 0 aliphatic rings. The Balaban J connectivity index is 2.64. The van der Waals surface area contributed by atoms with Gasteiger partial charge in [-0.25, -0.2) is 0 Å². The largest absolute Gasteiger partial charge is 0.380 e. The lowest BCUT2D eigenvalue weighted by molar-refractivity contribution is 0.185. The van der Waals surface area contributed by atoms with E-state index in [1.165, 1.54) is 11.1 Å². The second kappa shape index (κ2) is 5.84. The van der Waals surface area contributed by atoms with Crippen LogP contribution in [0.1, 0.15) is 11.1 Å². The smallest absolute Gasteiger partial charge is 0.0713 e. The summed E-state index contributed by atoms with van der Waals surface area (Å²) in [6, 6.07) is 8.30. The zero-order valence-corrected chi connectivity index (χ0v) is 8.63. The first-order valence-corrected chi connectivity index (χ1v) is 4.85. The van der Waals surface area contributed by atoms with Crippen LogP contribution >= 0.6 is 12.6 Å². The van der Waals surface area contributed by atoms with E-state index < -0.39 is 0 Å². The number of hydrogen-bond acceptors (Lipinski definition) is 2. The summed E-state index contributed by atoms with van der Waals surface area (Å²) >= 11 is 4.10. The van der Waals surface area contributed by atoms with Gasteiger partial charge in [0.15, 0.2) is 0 Å². The Hall–Kier alpha value is -0.730. The minimum atomic E-state index is 0.677. The third-order valence-corrected chi connectivity index (χ3v) is 1.92. The van der Waals surface area contributed by atoms with E-state index in [9.17, 15) is 0 Å². The van der Waals surface area contributed by atoms with Crippen LogP contribution in [0.2, 0.25) is 0 Å². The number of ether oxygens (including phenoxy) is 1. The van der Waals surface area contributed by atoms with E-state index in [1.807, 2.05) is 6.08 Å². The van der Waals surface area contributed by atoms with Crippen LogP contribution in [0.5, 0.6) is 0 Å². The summed E-state index contributed by atoms with van der Waals surface area (Å²) in [4.78, 5) is 0. The van der Waals surface area contributed by atoms with Crippen LogP contribution in [0.15, 0.2) is 30.3 Å². The molecule has 1 nitrogen and oxygen atoms in total. The number of benzene rings is 1. The highest BCUT2D eigenvalue weighted by Gasteiger charge is 1.90. The quantitative estimate of drug-likeness (QED) is 0.725. The molecule has 13 heavy (non-hydrogen) atoms. The predicted molar refractivity (Wildman–Crippen MR) is 60.0 cm³/mol. The van der Waals surface area contributed by atoms with Crippen LogP contribution in [0.25, 0.3) is 6.08 Å². The topological polar surface area (TPSA) is 9.23 Å². The molecule has 2 heteroatoms. The molecule has 70 valence electrons. The van der Waals surface area contributed by atoms with Crippen molar-refractivity contribution in [3.63, 3.8) is 0 Å². The molecule has 1 aromatic rings. The first-order valence-electron chi connectivity index (χ1n) is 4.22. The van der Waals surface area contributed by atoms with E-state index in [0.717, 1.165) is 5.75 Å². The van der Waals surface area contributed by atoms with Gasteiger partial charge < -0.3 is 4.74 Å². The molecule has 1 rings (SSSR count). The van der Waals surface area contributed by atoms with Crippen molar-refractivity contribution in [2.24, 2.45) is 0 Å². The van der Waals surface area contributed by atoms with Crippen LogP contribution < -0.4 is 0 Å². The Morgan fingerprint density at radius 2 is 2.00 bits per heavy atom. The Kier molecular flexibility index (Phi) is 4.65. The molecular weight excluding hydrogens is 180 g/mol. The lowest BCUT2D eigenvalue weighted by atomic mass is 10.1. The van der Waals surface area contributed by atoms with Crippen molar-refractivity contribution in [2.45, 2.75) is 6.61 Å². The number of thiol groups is 1. The molecule has 0 aliphatic heterocycles. The molecule has 0 spiro atoms. The molecule has 0 fully saturated rings. The van der Waals surface area contributed by atoms with Gasteiger partial charge in [-0.2, -0.15) is 12.6 Å². The van der Waals surface area contributed by atoms with Crippen molar-refractivity contribution in [1.82, 2.24) is 0 Å². The van der Waals surface area contributed by atoms with Gasteiger partial charge in [0.25, 0.3) is 0 Å². The summed E-state index contributed by atoms with van der Waals surface area (Å²) in [6.45, 7) is 0.677. The van der Waals surface area contributed by atoms with Crippen LogP contribution in [0, 0.1) is 0 Å². The molecule has 0 unspecified atom stereocenters. The summed E-state index contributed by atoms with van der Waals surface area (Å²) in [5, 5.41) is 0. The van der Waals surface area contributed by atoms with Crippen molar-refractivity contribution in [3.8, 4) is 0 Å². The molecule has 0 aromatic heterocycles. The third kappa shape index (κ3) is 3.66. The molecule has 0 bridgehead atoms. The first-order chi connectivity index (χ1) is 6.36. The fourth-order valence-corrected chi connectivity index (χ4v) is 1.19. The van der Waals surface area contributed by atoms with Gasteiger partial charge in [-0.1, -0.05) is 36.4 Å². The molecule has 0 amide bonds. The number of hydrogen-bond donors (Lipinski definition) is 1. The van der Waals surface area contributed by atoms with E-state index in [1.54, 1.807) is 7.11 Å². The predicted octanol–water partition coefficient (Wildman–Crippen LogP) is 2.78. The summed E-state index contributed by atoms with van der Waals surface area (Å²) in [5.74, 6) is 0.778. The molecule has 0 saturated heterocycles. The molecule has 0 heterocycles. The Morgan fingerprint density at radius 1 is 1.31 bits per heavy atom. The molecule has 0 saturated carbocycles. The van der Waals surface area contributed by atoms with Gasteiger partial charge in [0.2, 0.25) is 0 Å². The highest BCUT2D eigenvalue weighted by Crippen LogP contribution is 2.06. The van der Waals surface area contributed by atoms with Crippen LogP contribution in [0.3, 0.4) is 0 Å². The maximum atomic E-state index is 5.02. The van der Waals surface area contributed by atoms with Crippen LogP contribution in [0.4, 0.5) is 0 Å². The standard InChI is InChI=1S/C11H14OS/c1-12-9-11-6-4-10(5-7-11)3-2-8-13/h2-7,13H,8-9H2,1H3. The van der Waals surface area contributed by atoms with Gasteiger partial charge in [0, 0.05) is 12.9 Å². The second-order valence-corrected chi connectivity index (χ2v) is 3.12. The SMILES string of the molecule is COCc1ccc(C=CCS)cc1.